The fourth-order valence-corrected chi connectivity index (χ4v) is 2.47. The second kappa shape index (κ2) is 4.85. The number of phenolic OH excluding ortho intramolecular Hbond substituents is 2. The molecular weight excluding hydrogens is 252 g/mol. The molecule has 0 saturated heterocycles. The Kier molecular flexibility index (Phi) is 3.03. The zero-order valence-corrected chi connectivity index (χ0v) is 10.8. The largest absolute Gasteiger partial charge is 0.508 e. The summed E-state index contributed by atoms with van der Waals surface area (Å²) in [5, 5.41) is 18.7. The van der Waals surface area contributed by atoms with Gasteiger partial charge in [0.1, 0.15) is 11.5 Å². The number of rotatable bonds is 1. The molecule has 3 heteroatoms. The molecule has 0 aromatic heterocycles. The van der Waals surface area contributed by atoms with Gasteiger partial charge < -0.3 is 10.2 Å². The third kappa shape index (κ3) is 2.30. The third-order valence-electron chi connectivity index (χ3n) is 3.52. The quantitative estimate of drug-likeness (QED) is 0.778. The Morgan fingerprint density at radius 2 is 1.60 bits per heavy atom. The van der Waals surface area contributed by atoms with Crippen LogP contribution in [0.4, 0.5) is 0 Å². The first-order valence-electron chi connectivity index (χ1n) is 6.50. The average Bonchev–Trinajstić information content (AvgIpc) is 2.44. The molecule has 0 heterocycles. The van der Waals surface area contributed by atoms with E-state index in [0.29, 0.717) is 12.0 Å². The molecule has 0 saturated carbocycles. The normalized spacial score (nSPS) is 16.2. The lowest BCUT2D eigenvalue weighted by molar-refractivity contribution is 0.102. The van der Waals surface area contributed by atoms with Gasteiger partial charge in [-0.2, -0.15) is 0 Å². The van der Waals surface area contributed by atoms with Gasteiger partial charge in [0.2, 0.25) is 0 Å². The first-order valence-corrected chi connectivity index (χ1v) is 6.50. The molecule has 0 amide bonds. The molecule has 3 rings (SSSR count). The van der Waals surface area contributed by atoms with E-state index in [1.54, 1.807) is 42.5 Å². The van der Waals surface area contributed by atoms with Crippen LogP contribution in [-0.2, 0) is 6.42 Å². The molecule has 2 aromatic rings. The fourth-order valence-electron chi connectivity index (χ4n) is 2.47. The zero-order chi connectivity index (χ0) is 14.1. The van der Waals surface area contributed by atoms with Crippen LogP contribution in [0.25, 0.3) is 6.08 Å². The van der Waals surface area contributed by atoms with Gasteiger partial charge in [0.25, 0.3) is 0 Å². The van der Waals surface area contributed by atoms with Crippen LogP contribution in [0.3, 0.4) is 0 Å². The summed E-state index contributed by atoms with van der Waals surface area (Å²) >= 11 is 0. The van der Waals surface area contributed by atoms with E-state index in [0.717, 1.165) is 23.1 Å². The zero-order valence-electron chi connectivity index (χ0n) is 10.8. The van der Waals surface area contributed by atoms with Gasteiger partial charge in [0.05, 0.1) is 0 Å². The van der Waals surface area contributed by atoms with Crippen LogP contribution in [0.5, 0.6) is 11.5 Å². The van der Waals surface area contributed by atoms with Crippen LogP contribution in [0.15, 0.2) is 48.0 Å². The van der Waals surface area contributed by atoms with E-state index in [2.05, 4.69) is 0 Å². The van der Waals surface area contributed by atoms with Gasteiger partial charge in [0.15, 0.2) is 5.78 Å². The summed E-state index contributed by atoms with van der Waals surface area (Å²) in [6.45, 7) is 0. The number of carbonyl (C=O) groups excluding carboxylic acids is 1. The van der Waals surface area contributed by atoms with E-state index in [9.17, 15) is 15.0 Å². The Morgan fingerprint density at radius 1 is 0.900 bits per heavy atom. The van der Waals surface area contributed by atoms with Crippen molar-refractivity contribution >= 4 is 11.9 Å². The number of fused-ring (bicyclic) bond motifs is 1. The Labute approximate surface area is 116 Å². The van der Waals surface area contributed by atoms with E-state index in [-0.39, 0.29) is 17.3 Å². The number of allylic oxidation sites excluding steroid dienone is 1. The van der Waals surface area contributed by atoms with Gasteiger partial charge >= 0.3 is 0 Å². The summed E-state index contributed by atoms with van der Waals surface area (Å²) in [5.41, 5.74) is 3.22. The van der Waals surface area contributed by atoms with Crippen molar-refractivity contribution in [3.63, 3.8) is 0 Å². The summed E-state index contributed by atoms with van der Waals surface area (Å²) in [5.74, 6) is 0.421. The van der Waals surface area contributed by atoms with Crippen LogP contribution in [0.2, 0.25) is 0 Å². The van der Waals surface area contributed by atoms with E-state index in [4.69, 9.17) is 0 Å². The molecule has 3 nitrogen and oxygen atoms in total. The molecule has 2 aromatic carbocycles. The highest BCUT2D eigenvalue weighted by Gasteiger charge is 2.21. The Bertz CT molecular complexity index is 697. The highest BCUT2D eigenvalue weighted by molar-refractivity contribution is 6.13. The minimum absolute atomic E-state index is 0.0133. The van der Waals surface area contributed by atoms with Gasteiger partial charge in [-0.15, -0.1) is 0 Å². The van der Waals surface area contributed by atoms with Gasteiger partial charge in [-0.1, -0.05) is 12.1 Å². The Balaban J connectivity index is 1.95. The van der Waals surface area contributed by atoms with Crippen LogP contribution in [0.1, 0.15) is 27.9 Å². The van der Waals surface area contributed by atoms with Crippen molar-refractivity contribution in [1.82, 2.24) is 0 Å². The van der Waals surface area contributed by atoms with Crippen LogP contribution in [-0.4, -0.2) is 16.0 Å². The summed E-state index contributed by atoms with van der Waals surface area (Å²) in [4.78, 5) is 12.4. The molecule has 0 spiro atoms. The number of ketones is 1. The smallest absolute Gasteiger partial charge is 0.189 e. The van der Waals surface area contributed by atoms with Crippen molar-refractivity contribution in [3.8, 4) is 11.5 Å². The standard InChI is InChI=1S/C17H14O3/c18-14-5-1-11(2-6-14)9-13-4-3-12-10-15(19)7-8-16(12)17(13)20/h1-2,5-10,18-19H,3-4H2/b13-9+. The fraction of sp³-hybridized carbons (Fsp3) is 0.118. The second-order valence-corrected chi connectivity index (χ2v) is 4.93. The van der Waals surface area contributed by atoms with Crippen LogP contribution in [0, 0.1) is 0 Å². The molecule has 0 fully saturated rings. The molecule has 2 N–H and O–H groups in total. The molecule has 1 aliphatic rings. The number of aryl methyl sites for hydroxylation is 1. The molecule has 0 aliphatic heterocycles. The maximum Gasteiger partial charge on any atom is 0.189 e. The molecule has 0 atom stereocenters. The first kappa shape index (κ1) is 12.5. The third-order valence-corrected chi connectivity index (χ3v) is 3.52. The predicted octanol–water partition coefficient (Wildman–Crippen LogP) is 3.31. The summed E-state index contributed by atoms with van der Waals surface area (Å²) in [6.07, 6.45) is 3.27. The number of hydrogen-bond donors (Lipinski definition) is 2. The van der Waals surface area contributed by atoms with Gasteiger partial charge in [-0.25, -0.2) is 0 Å². The predicted molar refractivity (Wildman–Crippen MR) is 76.8 cm³/mol. The minimum atomic E-state index is 0.0133. The number of phenols is 2. The van der Waals surface area contributed by atoms with Crippen molar-refractivity contribution in [2.75, 3.05) is 0 Å². The number of carbonyl (C=O) groups is 1. The average molecular weight is 266 g/mol. The monoisotopic (exact) mass is 266 g/mol. The highest BCUT2D eigenvalue weighted by atomic mass is 16.3. The number of aromatic hydroxyl groups is 2. The van der Waals surface area contributed by atoms with Crippen molar-refractivity contribution < 1.29 is 15.0 Å². The summed E-state index contributed by atoms with van der Waals surface area (Å²) < 4.78 is 0. The van der Waals surface area contributed by atoms with E-state index in [1.807, 2.05) is 6.08 Å². The van der Waals surface area contributed by atoms with Crippen molar-refractivity contribution in [2.24, 2.45) is 0 Å². The Morgan fingerprint density at radius 3 is 2.35 bits per heavy atom. The molecule has 1 aliphatic carbocycles. The van der Waals surface area contributed by atoms with Crippen LogP contribution >= 0.6 is 0 Å². The van der Waals surface area contributed by atoms with Crippen LogP contribution < -0.4 is 0 Å². The maximum absolute atomic E-state index is 12.4. The van der Waals surface area contributed by atoms with E-state index >= 15 is 0 Å². The number of Topliss-reactive ketones (excluding diaryl/α,β-unsaturated/α-hetero) is 1. The number of benzene rings is 2. The topological polar surface area (TPSA) is 57.5 Å². The SMILES string of the molecule is O=C1/C(=C/c2ccc(O)cc2)CCc2cc(O)ccc21. The Hall–Kier alpha value is -2.55. The van der Waals surface area contributed by atoms with Gasteiger partial charge in [-0.05, 0) is 60.4 Å². The molecule has 0 bridgehead atoms. The molecule has 0 unspecified atom stereocenters. The molecule has 20 heavy (non-hydrogen) atoms. The van der Waals surface area contributed by atoms with Crippen molar-refractivity contribution in [3.05, 3.63) is 64.7 Å². The van der Waals surface area contributed by atoms with E-state index < -0.39 is 0 Å². The first-order chi connectivity index (χ1) is 9.63. The summed E-state index contributed by atoms with van der Waals surface area (Å²) in [7, 11) is 0. The van der Waals surface area contributed by atoms with Crippen molar-refractivity contribution in [1.29, 1.82) is 0 Å². The minimum Gasteiger partial charge on any atom is -0.508 e. The lowest BCUT2D eigenvalue weighted by atomic mass is 9.86. The lowest BCUT2D eigenvalue weighted by Crippen LogP contribution is -2.13. The second-order valence-electron chi connectivity index (χ2n) is 4.93. The highest BCUT2D eigenvalue weighted by Crippen LogP contribution is 2.29. The van der Waals surface area contributed by atoms with Gasteiger partial charge in [0, 0.05) is 11.1 Å². The van der Waals surface area contributed by atoms with Gasteiger partial charge in [-0.3, -0.25) is 4.79 Å². The molecule has 0 radical (unpaired) electrons. The lowest BCUT2D eigenvalue weighted by Gasteiger charge is -2.17. The molecule has 100 valence electrons. The summed E-state index contributed by atoms with van der Waals surface area (Å²) in [6, 6.07) is 11.6. The maximum atomic E-state index is 12.4. The van der Waals surface area contributed by atoms with Crippen molar-refractivity contribution in [2.45, 2.75) is 12.8 Å². The number of hydrogen-bond acceptors (Lipinski definition) is 3. The van der Waals surface area contributed by atoms with E-state index in [1.165, 1.54) is 0 Å². The molecular formula is C17H14O3.